The second kappa shape index (κ2) is 8.45. The van der Waals surface area contributed by atoms with Gasteiger partial charge in [0.1, 0.15) is 5.71 Å². The third kappa shape index (κ3) is 4.96. The molecule has 0 aliphatic carbocycles. The molecular weight excluding hydrogens is 480 g/mol. The molecule has 2 aromatic carbocycles. The summed E-state index contributed by atoms with van der Waals surface area (Å²) in [5, 5.41) is 17.3. The van der Waals surface area contributed by atoms with E-state index in [-0.39, 0.29) is 38.3 Å². The van der Waals surface area contributed by atoms with Gasteiger partial charge in [-0.1, -0.05) is 5.10 Å². The standard InChI is InChI=1S/C18H16N4O9S2/c1-9-7-11(32(26,27)28)4-6-15(9)22-17(23)16(10(2)21-22)20-19-14-8-12(33(29,30)31)3-5-13(14)18(24)25/h3-8,19H,1-2H3,(H,24,25)(H,26,27,28)(H,29,30,31)/p+1. The van der Waals surface area contributed by atoms with E-state index in [1.807, 2.05) is 0 Å². The maximum Gasteiger partial charge on any atom is 0.397 e. The maximum atomic E-state index is 12.9. The zero-order chi connectivity index (χ0) is 24.7. The van der Waals surface area contributed by atoms with E-state index in [1.165, 1.54) is 26.0 Å². The Labute approximate surface area is 187 Å². The fourth-order valence-electron chi connectivity index (χ4n) is 3.00. The first-order chi connectivity index (χ1) is 15.2. The summed E-state index contributed by atoms with van der Waals surface area (Å²) in [7, 11) is -9.06. The van der Waals surface area contributed by atoms with E-state index in [1.54, 1.807) is 0 Å². The van der Waals surface area contributed by atoms with Crippen LogP contribution in [0, 0.1) is 6.92 Å². The minimum atomic E-state index is -4.63. The van der Waals surface area contributed by atoms with Gasteiger partial charge in [0.15, 0.2) is 5.69 Å². The first-order valence-corrected chi connectivity index (χ1v) is 11.8. The van der Waals surface area contributed by atoms with Gasteiger partial charge in [-0.2, -0.15) is 21.9 Å². The van der Waals surface area contributed by atoms with Crippen LogP contribution in [-0.2, 0) is 25.0 Å². The molecule has 2 aromatic rings. The molecule has 174 valence electrons. The number of hydrazone groups is 1. The fraction of sp³-hybridized carbons (Fsp3) is 0.111. The molecule has 0 saturated carbocycles. The Morgan fingerprint density at radius 3 is 2.12 bits per heavy atom. The van der Waals surface area contributed by atoms with Crippen LogP contribution in [0.5, 0.6) is 0 Å². The number of aryl methyl sites for hydroxylation is 1. The van der Waals surface area contributed by atoms with Crippen molar-refractivity contribution in [2.75, 3.05) is 5.43 Å². The predicted molar refractivity (Wildman–Crippen MR) is 114 cm³/mol. The average molecular weight is 497 g/mol. The number of carboxylic acid groups (broad SMARTS) is 1. The number of nitrogens with zero attached hydrogens (tertiary/aromatic N) is 2. The quantitative estimate of drug-likeness (QED) is 0.268. The lowest BCUT2D eigenvalue weighted by atomic mass is 10.2. The molecule has 13 nitrogen and oxygen atoms in total. The van der Waals surface area contributed by atoms with Crippen molar-refractivity contribution in [1.82, 2.24) is 0 Å². The first kappa shape index (κ1) is 24.1. The monoisotopic (exact) mass is 497 g/mol. The van der Waals surface area contributed by atoms with E-state index in [2.05, 4.69) is 15.6 Å². The summed E-state index contributed by atoms with van der Waals surface area (Å²) in [5.41, 5.74) is 2.25. The van der Waals surface area contributed by atoms with Crippen molar-refractivity contribution < 1.29 is 45.6 Å². The fourth-order valence-corrected chi connectivity index (χ4v) is 4.08. The Morgan fingerprint density at radius 2 is 1.58 bits per heavy atom. The van der Waals surface area contributed by atoms with Gasteiger partial charge >= 0.3 is 11.9 Å². The van der Waals surface area contributed by atoms with E-state index in [0.29, 0.717) is 5.56 Å². The number of amides is 1. The predicted octanol–water partition coefficient (Wildman–Crippen LogP) is 0.0872. The third-order valence-electron chi connectivity index (χ3n) is 4.61. The zero-order valence-electron chi connectivity index (χ0n) is 17.0. The van der Waals surface area contributed by atoms with Crippen molar-refractivity contribution in [2.45, 2.75) is 23.6 Å². The zero-order valence-corrected chi connectivity index (χ0v) is 18.6. The Bertz CT molecular complexity index is 1460. The highest BCUT2D eigenvalue weighted by atomic mass is 32.2. The van der Waals surface area contributed by atoms with E-state index in [0.717, 1.165) is 24.3 Å². The van der Waals surface area contributed by atoms with Gasteiger partial charge in [-0.25, -0.2) is 9.59 Å². The topological polar surface area (TPSA) is 204 Å². The van der Waals surface area contributed by atoms with Crippen LogP contribution in [0.1, 0.15) is 22.8 Å². The first-order valence-electron chi connectivity index (χ1n) is 8.94. The molecule has 1 aliphatic rings. The molecule has 0 bridgehead atoms. The number of benzene rings is 2. The number of rotatable bonds is 6. The summed E-state index contributed by atoms with van der Waals surface area (Å²) in [6.07, 6.45) is 0. The molecule has 1 aliphatic heterocycles. The van der Waals surface area contributed by atoms with E-state index in [4.69, 9.17) is 4.55 Å². The van der Waals surface area contributed by atoms with Gasteiger partial charge in [0.2, 0.25) is 5.71 Å². The molecule has 1 heterocycles. The molecule has 0 saturated heterocycles. The maximum absolute atomic E-state index is 12.9. The molecule has 3 rings (SSSR count). The summed E-state index contributed by atoms with van der Waals surface area (Å²) in [6, 6.07) is 6.27. The van der Waals surface area contributed by atoms with Crippen molar-refractivity contribution in [3.05, 3.63) is 47.5 Å². The lowest BCUT2D eigenvalue weighted by Crippen LogP contribution is -3.04. The summed E-state index contributed by atoms with van der Waals surface area (Å²) >= 11 is 0. The molecule has 1 unspecified atom stereocenters. The second-order valence-corrected chi connectivity index (χ2v) is 9.73. The molecule has 0 spiro atoms. The van der Waals surface area contributed by atoms with Crippen LogP contribution in [0.4, 0.5) is 11.4 Å². The van der Waals surface area contributed by atoms with Gasteiger partial charge in [0, 0.05) is 11.6 Å². The Kier molecular flexibility index (Phi) is 6.18. The summed E-state index contributed by atoms with van der Waals surface area (Å²) in [5.74, 6) is -2.07. The Hall–Kier alpha value is -3.50. The molecule has 15 heteroatoms. The molecule has 1 atom stereocenters. The smallest absolute Gasteiger partial charge is 0.397 e. The number of aromatic carboxylic acids is 1. The number of carbonyl (C=O) groups excluding carboxylic acids is 1. The van der Waals surface area contributed by atoms with Crippen molar-refractivity contribution >= 4 is 54.9 Å². The van der Waals surface area contributed by atoms with Crippen molar-refractivity contribution in [1.29, 1.82) is 0 Å². The van der Waals surface area contributed by atoms with Crippen LogP contribution in [-0.4, -0.2) is 54.3 Å². The molecule has 5 N–H and O–H groups in total. The van der Waals surface area contributed by atoms with Gasteiger partial charge in [0.25, 0.3) is 20.2 Å². The second-order valence-electron chi connectivity index (χ2n) is 6.89. The average Bonchev–Trinajstić information content (AvgIpc) is 2.98. The van der Waals surface area contributed by atoms with Crippen molar-refractivity contribution in [3.63, 3.8) is 0 Å². The summed E-state index contributed by atoms with van der Waals surface area (Å²) in [6.45, 7) is 2.97. The summed E-state index contributed by atoms with van der Waals surface area (Å²) in [4.78, 5) is 23.4. The number of hydrogen-bond acceptors (Lipinski definition) is 9. The van der Waals surface area contributed by atoms with E-state index in [9.17, 15) is 36.1 Å². The molecule has 0 aromatic heterocycles. The highest BCUT2D eigenvalue weighted by molar-refractivity contribution is 7.86. The minimum Gasteiger partial charge on any atom is -0.478 e. The molecule has 0 fully saturated rings. The highest BCUT2D eigenvalue weighted by Gasteiger charge is 2.38. The van der Waals surface area contributed by atoms with Crippen LogP contribution in [0.25, 0.3) is 0 Å². The lowest BCUT2D eigenvalue weighted by Gasteiger charge is -2.09. The van der Waals surface area contributed by atoms with Gasteiger partial charge in [-0.15, -0.1) is 5.01 Å². The van der Waals surface area contributed by atoms with Crippen LogP contribution in [0.15, 0.2) is 56.4 Å². The number of carboxylic acids is 1. The molecule has 33 heavy (non-hydrogen) atoms. The van der Waals surface area contributed by atoms with Crippen LogP contribution < -0.4 is 10.4 Å². The summed E-state index contributed by atoms with van der Waals surface area (Å²) < 4.78 is 63.7. The van der Waals surface area contributed by atoms with Crippen LogP contribution in [0.3, 0.4) is 0 Å². The highest BCUT2D eigenvalue weighted by Crippen LogP contribution is 2.22. The van der Waals surface area contributed by atoms with Crippen molar-refractivity contribution in [3.8, 4) is 0 Å². The number of quaternary nitrogens is 1. The largest absolute Gasteiger partial charge is 0.478 e. The normalized spacial score (nSPS) is 17.8. The molecule has 1 amide bonds. The van der Waals surface area contributed by atoms with Gasteiger partial charge in [-0.3, -0.25) is 14.5 Å². The number of hydrogen-bond donors (Lipinski definition) is 5. The SMILES string of the molecule is CC1=N[NH+](c2ccc(S(=O)(=O)O)cc2C)C(=O)C1=NNc1cc(S(=O)(=O)O)ccc1C(=O)O. The van der Waals surface area contributed by atoms with Gasteiger partial charge in [0.05, 0.1) is 21.0 Å². The molecule has 0 radical (unpaired) electrons. The minimum absolute atomic E-state index is 0.0578. The van der Waals surface area contributed by atoms with Crippen LogP contribution in [0.2, 0.25) is 0 Å². The van der Waals surface area contributed by atoms with Crippen molar-refractivity contribution in [2.24, 2.45) is 10.2 Å². The number of nitrogens with one attached hydrogen (secondary N) is 2. The van der Waals surface area contributed by atoms with Gasteiger partial charge < -0.3 is 5.11 Å². The lowest BCUT2D eigenvalue weighted by molar-refractivity contribution is -0.748. The van der Waals surface area contributed by atoms with E-state index < -0.39 is 37.0 Å². The Balaban J connectivity index is 1.96. The van der Waals surface area contributed by atoms with E-state index >= 15 is 0 Å². The number of carbonyl (C=O) groups is 2. The Morgan fingerprint density at radius 1 is 1.00 bits per heavy atom. The number of anilines is 1. The third-order valence-corrected chi connectivity index (χ3v) is 6.31. The molecular formula is C18H17N4O9S2+. The van der Waals surface area contributed by atoms with Crippen LogP contribution >= 0.6 is 0 Å². The van der Waals surface area contributed by atoms with Gasteiger partial charge in [-0.05, 0) is 44.2 Å².